The van der Waals surface area contributed by atoms with Crippen LogP contribution in [-0.2, 0) is 28.2 Å². The molecule has 0 N–H and O–H groups in total. The summed E-state index contributed by atoms with van der Waals surface area (Å²) in [5, 5.41) is 0. The van der Waals surface area contributed by atoms with Gasteiger partial charge in [0.15, 0.2) is 5.79 Å². The van der Waals surface area contributed by atoms with E-state index in [1.54, 1.807) is 19.6 Å². The van der Waals surface area contributed by atoms with Gasteiger partial charge in [0.05, 0.1) is 32.7 Å². The summed E-state index contributed by atoms with van der Waals surface area (Å²) in [6.07, 6.45) is 6.90. The average Bonchev–Trinajstić information content (AvgIpc) is 3.44. The van der Waals surface area contributed by atoms with Crippen molar-refractivity contribution in [2.75, 3.05) is 19.5 Å². The van der Waals surface area contributed by atoms with Crippen LogP contribution in [0.2, 0.25) is 0 Å². The van der Waals surface area contributed by atoms with E-state index in [4.69, 9.17) is 14.2 Å². The SMILES string of the molecule is COc1cccc(CSCC2COC(CCc3ccc(F)cc3)(Cn3ccnc3)O2)c1. The van der Waals surface area contributed by atoms with Crippen molar-refractivity contribution < 1.29 is 18.6 Å². The predicted molar refractivity (Wildman–Crippen MR) is 120 cm³/mol. The van der Waals surface area contributed by atoms with Crippen molar-refractivity contribution in [3.63, 3.8) is 0 Å². The highest BCUT2D eigenvalue weighted by Crippen LogP contribution is 2.32. The van der Waals surface area contributed by atoms with Gasteiger partial charge in [-0.2, -0.15) is 11.8 Å². The normalized spacial score (nSPS) is 20.8. The number of hydrogen-bond acceptors (Lipinski definition) is 5. The molecule has 2 unspecified atom stereocenters. The number of benzene rings is 2. The Bertz CT molecular complexity index is 952. The van der Waals surface area contributed by atoms with Crippen molar-refractivity contribution in [1.82, 2.24) is 9.55 Å². The van der Waals surface area contributed by atoms with E-state index in [9.17, 15) is 4.39 Å². The molecule has 1 fully saturated rings. The van der Waals surface area contributed by atoms with Gasteiger partial charge in [0.2, 0.25) is 0 Å². The smallest absolute Gasteiger partial charge is 0.187 e. The molecule has 2 atom stereocenters. The number of methoxy groups -OCH3 is 1. The van der Waals surface area contributed by atoms with E-state index in [0.717, 1.165) is 29.2 Å². The average molecular weight is 443 g/mol. The number of aromatic nitrogens is 2. The van der Waals surface area contributed by atoms with Gasteiger partial charge in [-0.1, -0.05) is 24.3 Å². The molecular weight excluding hydrogens is 415 g/mol. The molecule has 5 nitrogen and oxygen atoms in total. The molecular formula is C24H27FN2O3S. The maximum absolute atomic E-state index is 13.2. The quantitative estimate of drug-likeness (QED) is 0.455. The van der Waals surface area contributed by atoms with Crippen LogP contribution in [0.5, 0.6) is 5.75 Å². The van der Waals surface area contributed by atoms with E-state index in [2.05, 4.69) is 17.1 Å². The standard InChI is InChI=1S/C24H27FN2O3S/c1-28-22-4-2-3-20(13-22)15-31-16-23-14-29-24(30-23,17-27-12-11-26-18-27)10-9-19-5-7-21(25)8-6-19/h2-8,11-13,18,23H,9-10,14-17H2,1H3. The van der Waals surface area contributed by atoms with Gasteiger partial charge in [0.1, 0.15) is 11.6 Å². The lowest BCUT2D eigenvalue weighted by Gasteiger charge is -2.28. The molecule has 7 heteroatoms. The molecule has 1 aromatic heterocycles. The van der Waals surface area contributed by atoms with Crippen LogP contribution in [0, 0.1) is 5.82 Å². The van der Waals surface area contributed by atoms with Crippen molar-refractivity contribution >= 4 is 11.8 Å². The van der Waals surface area contributed by atoms with Crippen LogP contribution in [0.4, 0.5) is 4.39 Å². The minimum absolute atomic E-state index is 0.0207. The summed E-state index contributed by atoms with van der Waals surface area (Å²) in [7, 11) is 1.68. The van der Waals surface area contributed by atoms with Gasteiger partial charge < -0.3 is 18.8 Å². The summed E-state index contributed by atoms with van der Waals surface area (Å²) in [6, 6.07) is 14.7. The summed E-state index contributed by atoms with van der Waals surface area (Å²) in [5.74, 6) is 1.67. The maximum Gasteiger partial charge on any atom is 0.187 e. The van der Waals surface area contributed by atoms with Crippen LogP contribution in [0.3, 0.4) is 0 Å². The minimum atomic E-state index is -0.712. The van der Waals surface area contributed by atoms with E-state index in [-0.39, 0.29) is 11.9 Å². The Morgan fingerprint density at radius 3 is 2.87 bits per heavy atom. The van der Waals surface area contributed by atoms with Gasteiger partial charge in [-0.25, -0.2) is 9.37 Å². The monoisotopic (exact) mass is 442 g/mol. The fourth-order valence-corrected chi connectivity index (χ4v) is 4.67. The Balaban J connectivity index is 1.35. The molecule has 0 bridgehead atoms. The molecule has 1 aliphatic heterocycles. The van der Waals surface area contributed by atoms with E-state index in [0.29, 0.717) is 19.6 Å². The first-order valence-electron chi connectivity index (χ1n) is 10.4. The van der Waals surface area contributed by atoms with Crippen LogP contribution in [0.1, 0.15) is 17.5 Å². The third-order valence-corrected chi connectivity index (χ3v) is 6.46. The van der Waals surface area contributed by atoms with Crippen molar-refractivity contribution in [3.8, 4) is 5.75 Å². The molecule has 4 rings (SSSR count). The fraction of sp³-hybridized carbons (Fsp3) is 0.375. The lowest BCUT2D eigenvalue weighted by atomic mass is 10.0. The first-order valence-corrected chi connectivity index (χ1v) is 11.5. The van der Waals surface area contributed by atoms with Crippen LogP contribution in [-0.4, -0.2) is 40.9 Å². The van der Waals surface area contributed by atoms with E-state index in [1.807, 2.05) is 46.8 Å². The number of rotatable bonds is 10. The Morgan fingerprint density at radius 2 is 2.10 bits per heavy atom. The number of hydrogen-bond donors (Lipinski definition) is 0. The minimum Gasteiger partial charge on any atom is -0.497 e. The highest BCUT2D eigenvalue weighted by molar-refractivity contribution is 7.98. The maximum atomic E-state index is 13.2. The zero-order valence-corrected chi connectivity index (χ0v) is 18.4. The first kappa shape index (κ1) is 21.9. The van der Waals surface area contributed by atoms with Crippen molar-refractivity contribution in [1.29, 1.82) is 0 Å². The Labute approximate surface area is 186 Å². The fourth-order valence-electron chi connectivity index (χ4n) is 3.71. The van der Waals surface area contributed by atoms with Gasteiger partial charge in [-0.15, -0.1) is 0 Å². The number of aryl methyl sites for hydroxylation is 1. The van der Waals surface area contributed by atoms with Crippen LogP contribution in [0.15, 0.2) is 67.3 Å². The molecule has 1 saturated heterocycles. The summed E-state index contributed by atoms with van der Waals surface area (Å²) < 4.78 is 33.2. The highest BCUT2D eigenvalue weighted by atomic mass is 32.2. The number of ether oxygens (including phenoxy) is 3. The van der Waals surface area contributed by atoms with Crippen LogP contribution >= 0.6 is 11.8 Å². The zero-order valence-electron chi connectivity index (χ0n) is 17.6. The lowest BCUT2D eigenvalue weighted by Crippen LogP contribution is -2.37. The zero-order chi connectivity index (χ0) is 21.5. The van der Waals surface area contributed by atoms with Crippen LogP contribution in [0.25, 0.3) is 0 Å². The third-order valence-electron chi connectivity index (χ3n) is 5.31. The van der Waals surface area contributed by atoms with Gasteiger partial charge >= 0.3 is 0 Å². The molecule has 0 amide bonds. The molecule has 31 heavy (non-hydrogen) atoms. The molecule has 0 radical (unpaired) electrons. The van der Waals surface area contributed by atoms with Crippen molar-refractivity contribution in [2.45, 2.75) is 37.0 Å². The Hall–Kier alpha value is -2.35. The molecule has 0 spiro atoms. The van der Waals surface area contributed by atoms with Gasteiger partial charge in [0.25, 0.3) is 0 Å². The topological polar surface area (TPSA) is 45.5 Å². The Morgan fingerprint density at radius 1 is 1.23 bits per heavy atom. The van der Waals surface area contributed by atoms with Gasteiger partial charge in [-0.05, 0) is 41.8 Å². The summed E-state index contributed by atoms with van der Waals surface area (Å²) in [4.78, 5) is 4.14. The second-order valence-electron chi connectivity index (χ2n) is 7.69. The van der Waals surface area contributed by atoms with E-state index < -0.39 is 5.79 Å². The molecule has 0 saturated carbocycles. The third kappa shape index (κ3) is 6.09. The summed E-state index contributed by atoms with van der Waals surface area (Å²) >= 11 is 1.83. The Kier molecular flexibility index (Phi) is 7.27. The number of halogens is 1. The van der Waals surface area contributed by atoms with E-state index in [1.165, 1.54) is 17.7 Å². The summed E-state index contributed by atoms with van der Waals surface area (Å²) in [6.45, 7) is 1.13. The first-order chi connectivity index (χ1) is 15.1. The number of thioether (sulfide) groups is 1. The van der Waals surface area contributed by atoms with E-state index >= 15 is 0 Å². The van der Waals surface area contributed by atoms with Crippen molar-refractivity contribution in [3.05, 3.63) is 84.2 Å². The summed E-state index contributed by atoms with van der Waals surface area (Å²) in [5.41, 5.74) is 2.29. The second-order valence-corrected chi connectivity index (χ2v) is 8.72. The molecule has 164 valence electrons. The molecule has 3 aromatic rings. The number of nitrogens with zero attached hydrogens (tertiary/aromatic N) is 2. The lowest BCUT2D eigenvalue weighted by molar-refractivity contribution is -0.180. The second kappa shape index (κ2) is 10.3. The van der Waals surface area contributed by atoms with Crippen LogP contribution < -0.4 is 4.74 Å². The molecule has 2 heterocycles. The molecule has 0 aliphatic carbocycles. The van der Waals surface area contributed by atoms with Gasteiger partial charge in [0, 0.05) is 30.3 Å². The largest absolute Gasteiger partial charge is 0.497 e. The molecule has 2 aromatic carbocycles. The molecule has 1 aliphatic rings. The number of imidazole rings is 1. The predicted octanol–water partition coefficient (Wildman–Crippen LogP) is 4.71. The van der Waals surface area contributed by atoms with Crippen molar-refractivity contribution in [2.24, 2.45) is 0 Å². The van der Waals surface area contributed by atoms with Gasteiger partial charge in [-0.3, -0.25) is 0 Å². The highest BCUT2D eigenvalue weighted by Gasteiger charge is 2.41.